The summed E-state index contributed by atoms with van der Waals surface area (Å²) >= 11 is 0. The largest absolute Gasteiger partial charge is 0.430 e. The lowest BCUT2D eigenvalue weighted by Crippen LogP contribution is -2.33. The van der Waals surface area contributed by atoms with E-state index in [1.54, 1.807) is 6.92 Å². The van der Waals surface area contributed by atoms with E-state index in [0.29, 0.717) is 6.42 Å². The Morgan fingerprint density at radius 3 is 2.54 bits per heavy atom. The zero-order valence-corrected chi connectivity index (χ0v) is 8.17. The highest BCUT2D eigenvalue weighted by Crippen LogP contribution is 2.18. The second kappa shape index (κ2) is 4.82. The molecule has 0 saturated heterocycles. The number of aliphatic hydroxyl groups is 1. The van der Waals surface area contributed by atoms with E-state index in [9.17, 15) is 9.90 Å². The maximum absolute atomic E-state index is 11.1. The van der Waals surface area contributed by atoms with Crippen LogP contribution in [0.3, 0.4) is 0 Å². The van der Waals surface area contributed by atoms with Gasteiger partial charge >= 0.3 is 5.97 Å². The van der Waals surface area contributed by atoms with Crippen molar-refractivity contribution in [2.45, 2.75) is 32.5 Å². The predicted molar refractivity (Wildman–Crippen MR) is 51.0 cm³/mol. The van der Waals surface area contributed by atoms with Crippen LogP contribution in [0.2, 0.25) is 0 Å². The second-order valence-corrected chi connectivity index (χ2v) is 2.96. The van der Waals surface area contributed by atoms with Crippen molar-refractivity contribution in [3.8, 4) is 0 Å². The third-order valence-corrected chi connectivity index (χ3v) is 1.65. The van der Waals surface area contributed by atoms with Crippen molar-refractivity contribution in [3.05, 3.63) is 24.8 Å². The van der Waals surface area contributed by atoms with E-state index in [4.69, 9.17) is 4.74 Å². The Labute approximate surface area is 78.7 Å². The van der Waals surface area contributed by atoms with Crippen LogP contribution in [-0.2, 0) is 9.53 Å². The van der Waals surface area contributed by atoms with Gasteiger partial charge in [0.15, 0.2) is 0 Å². The van der Waals surface area contributed by atoms with Gasteiger partial charge in [0.25, 0.3) is 0 Å². The van der Waals surface area contributed by atoms with Gasteiger partial charge in [0, 0.05) is 18.4 Å². The lowest BCUT2D eigenvalue weighted by atomic mass is 10.1. The van der Waals surface area contributed by atoms with E-state index >= 15 is 0 Å². The fraction of sp³-hybridized carbons (Fsp3) is 0.500. The summed E-state index contributed by atoms with van der Waals surface area (Å²) in [6.07, 6.45) is 2.07. The van der Waals surface area contributed by atoms with Gasteiger partial charge in [-0.25, -0.2) is 4.79 Å². The quantitative estimate of drug-likeness (QED) is 0.306. The molecule has 3 heteroatoms. The number of carbonyl (C=O) groups excluding carboxylic acids is 1. The summed E-state index contributed by atoms with van der Waals surface area (Å²) in [4.78, 5) is 11.1. The lowest BCUT2D eigenvalue weighted by Gasteiger charge is -2.25. The Kier molecular flexibility index (Phi) is 4.42. The zero-order valence-electron chi connectivity index (χ0n) is 8.17. The number of rotatable bonds is 5. The van der Waals surface area contributed by atoms with Gasteiger partial charge in [0.1, 0.15) is 0 Å². The molecule has 0 aliphatic heterocycles. The number of hydrogen-bond acceptors (Lipinski definition) is 3. The molecule has 0 aromatic rings. The summed E-state index contributed by atoms with van der Waals surface area (Å²) in [7, 11) is 0. The molecule has 3 nitrogen and oxygen atoms in total. The van der Waals surface area contributed by atoms with Crippen LogP contribution in [0.5, 0.6) is 0 Å². The summed E-state index contributed by atoms with van der Waals surface area (Å²) in [6, 6.07) is 0. The molecule has 0 aliphatic carbocycles. The summed E-state index contributed by atoms with van der Waals surface area (Å²) in [5, 5.41) is 9.68. The van der Waals surface area contributed by atoms with Crippen LogP contribution in [0.15, 0.2) is 24.8 Å². The average molecular weight is 184 g/mol. The molecule has 1 N–H and O–H groups in total. The van der Waals surface area contributed by atoms with Crippen LogP contribution in [-0.4, -0.2) is 16.9 Å². The van der Waals surface area contributed by atoms with Gasteiger partial charge in [-0.15, -0.1) is 6.58 Å². The molecule has 0 rings (SSSR count). The SMILES string of the molecule is C=CCC(O)(CC)OC(=O)C(=C)C. The lowest BCUT2D eigenvalue weighted by molar-refractivity contribution is -0.204. The topological polar surface area (TPSA) is 46.5 Å². The highest BCUT2D eigenvalue weighted by Gasteiger charge is 2.27. The smallest absolute Gasteiger partial charge is 0.335 e. The molecule has 74 valence electrons. The Morgan fingerprint density at radius 1 is 1.69 bits per heavy atom. The molecular formula is C10H16O3. The number of esters is 1. The summed E-state index contributed by atoms with van der Waals surface area (Å²) in [5.74, 6) is -2.01. The molecule has 1 atom stereocenters. The van der Waals surface area contributed by atoms with Crippen molar-refractivity contribution in [2.75, 3.05) is 0 Å². The Hall–Kier alpha value is -1.09. The van der Waals surface area contributed by atoms with E-state index in [1.165, 1.54) is 13.0 Å². The van der Waals surface area contributed by atoms with Gasteiger partial charge in [0.05, 0.1) is 0 Å². The van der Waals surface area contributed by atoms with Crippen molar-refractivity contribution in [2.24, 2.45) is 0 Å². The molecule has 0 spiro atoms. The molecule has 0 radical (unpaired) electrons. The highest BCUT2D eigenvalue weighted by atomic mass is 16.7. The van der Waals surface area contributed by atoms with Crippen LogP contribution >= 0.6 is 0 Å². The summed E-state index contributed by atoms with van der Waals surface area (Å²) in [6.45, 7) is 10.2. The van der Waals surface area contributed by atoms with E-state index in [2.05, 4.69) is 13.2 Å². The molecule has 0 aliphatic rings. The molecule has 0 saturated carbocycles. The highest BCUT2D eigenvalue weighted by molar-refractivity contribution is 5.87. The first-order valence-electron chi connectivity index (χ1n) is 4.17. The minimum Gasteiger partial charge on any atom is -0.430 e. The normalized spacial score (nSPS) is 14.4. The second-order valence-electron chi connectivity index (χ2n) is 2.96. The average Bonchev–Trinajstić information content (AvgIpc) is 2.04. The minimum atomic E-state index is -1.43. The van der Waals surface area contributed by atoms with Crippen LogP contribution in [0.1, 0.15) is 26.7 Å². The molecule has 0 aromatic heterocycles. The van der Waals surface area contributed by atoms with Crippen molar-refractivity contribution < 1.29 is 14.6 Å². The fourth-order valence-corrected chi connectivity index (χ4v) is 0.743. The number of ether oxygens (including phenoxy) is 1. The third kappa shape index (κ3) is 3.90. The molecular weight excluding hydrogens is 168 g/mol. The predicted octanol–water partition coefficient (Wildman–Crippen LogP) is 1.78. The van der Waals surface area contributed by atoms with Gasteiger partial charge in [-0.3, -0.25) is 0 Å². The number of carbonyl (C=O) groups is 1. The molecule has 0 amide bonds. The van der Waals surface area contributed by atoms with Gasteiger partial charge in [-0.2, -0.15) is 0 Å². The molecule has 0 bridgehead atoms. The van der Waals surface area contributed by atoms with Crippen LogP contribution in [0.25, 0.3) is 0 Å². The Morgan fingerprint density at radius 2 is 2.23 bits per heavy atom. The maximum atomic E-state index is 11.1. The van der Waals surface area contributed by atoms with Crippen LogP contribution < -0.4 is 0 Å². The monoisotopic (exact) mass is 184 g/mol. The third-order valence-electron chi connectivity index (χ3n) is 1.65. The van der Waals surface area contributed by atoms with Crippen molar-refractivity contribution in [3.63, 3.8) is 0 Å². The van der Waals surface area contributed by atoms with Gasteiger partial charge in [-0.05, 0) is 6.92 Å². The van der Waals surface area contributed by atoms with E-state index in [0.717, 1.165) is 0 Å². The van der Waals surface area contributed by atoms with Crippen LogP contribution in [0.4, 0.5) is 0 Å². The first-order valence-corrected chi connectivity index (χ1v) is 4.17. The number of hydrogen-bond donors (Lipinski definition) is 1. The fourth-order valence-electron chi connectivity index (χ4n) is 0.743. The molecule has 13 heavy (non-hydrogen) atoms. The molecule has 0 aromatic carbocycles. The minimum absolute atomic E-state index is 0.225. The van der Waals surface area contributed by atoms with E-state index < -0.39 is 11.8 Å². The zero-order chi connectivity index (χ0) is 10.5. The van der Waals surface area contributed by atoms with Crippen molar-refractivity contribution in [1.29, 1.82) is 0 Å². The molecule has 0 fully saturated rings. The van der Waals surface area contributed by atoms with E-state index in [1.807, 2.05) is 0 Å². The van der Waals surface area contributed by atoms with E-state index in [-0.39, 0.29) is 12.0 Å². The van der Waals surface area contributed by atoms with Gasteiger partial charge in [0.2, 0.25) is 5.79 Å². The van der Waals surface area contributed by atoms with Crippen molar-refractivity contribution in [1.82, 2.24) is 0 Å². The Bertz CT molecular complexity index is 220. The van der Waals surface area contributed by atoms with Gasteiger partial charge in [-0.1, -0.05) is 19.6 Å². The standard InChI is InChI=1S/C10H16O3/c1-5-7-10(12,6-2)13-9(11)8(3)4/h5,12H,1,3,6-7H2,2,4H3. The molecule has 1 unspecified atom stereocenters. The van der Waals surface area contributed by atoms with Crippen LogP contribution in [0, 0.1) is 0 Å². The first kappa shape index (κ1) is 11.9. The Balaban J connectivity index is 4.34. The first-order chi connectivity index (χ1) is 5.95. The summed E-state index contributed by atoms with van der Waals surface area (Å²) < 4.78 is 4.83. The summed E-state index contributed by atoms with van der Waals surface area (Å²) in [5.41, 5.74) is 0.274. The van der Waals surface area contributed by atoms with Crippen molar-refractivity contribution >= 4 is 5.97 Å². The van der Waals surface area contributed by atoms with Gasteiger partial charge < -0.3 is 9.84 Å². The molecule has 0 heterocycles. The maximum Gasteiger partial charge on any atom is 0.335 e.